The minimum Gasteiger partial charge on any atom is -0.382 e. The van der Waals surface area contributed by atoms with Crippen LogP contribution in [0.25, 0.3) is 10.9 Å². The average molecular weight is 246 g/mol. The number of nitrogens with one attached hydrogen (secondary N) is 1. The average Bonchev–Trinajstić information content (AvgIpc) is 2.80. The molecular formula is C15H22N2O. The first-order chi connectivity index (χ1) is 8.86. The molecule has 1 aromatic heterocycles. The van der Waals surface area contributed by atoms with E-state index in [-0.39, 0.29) is 0 Å². The standard InChI is InChI=1S/C15H22N2O/c1-3-18-11-5-9-17-10-8-14-13(12-16-2)6-4-7-15(14)17/h4,6-8,10,16H,3,5,9,11-12H2,1-2H3. The second kappa shape index (κ2) is 6.57. The summed E-state index contributed by atoms with van der Waals surface area (Å²) >= 11 is 0. The van der Waals surface area contributed by atoms with Crippen LogP contribution in [-0.4, -0.2) is 24.8 Å². The van der Waals surface area contributed by atoms with Crippen molar-refractivity contribution in [2.45, 2.75) is 26.4 Å². The first-order valence-electron chi connectivity index (χ1n) is 6.66. The number of hydrogen-bond donors (Lipinski definition) is 1. The zero-order valence-electron chi connectivity index (χ0n) is 11.3. The number of ether oxygens (including phenoxy) is 1. The van der Waals surface area contributed by atoms with Crippen molar-refractivity contribution in [3.05, 3.63) is 36.0 Å². The minimum absolute atomic E-state index is 0.804. The van der Waals surface area contributed by atoms with Crippen LogP contribution in [-0.2, 0) is 17.8 Å². The van der Waals surface area contributed by atoms with Gasteiger partial charge in [0.05, 0.1) is 0 Å². The van der Waals surface area contributed by atoms with Crippen molar-refractivity contribution in [3.8, 4) is 0 Å². The van der Waals surface area contributed by atoms with E-state index >= 15 is 0 Å². The molecule has 0 amide bonds. The molecule has 0 aliphatic heterocycles. The van der Waals surface area contributed by atoms with Gasteiger partial charge in [0, 0.05) is 43.4 Å². The van der Waals surface area contributed by atoms with E-state index in [9.17, 15) is 0 Å². The normalized spacial score (nSPS) is 11.2. The van der Waals surface area contributed by atoms with Gasteiger partial charge in [0.25, 0.3) is 0 Å². The maximum atomic E-state index is 5.38. The number of fused-ring (bicyclic) bond motifs is 1. The first kappa shape index (κ1) is 13.1. The van der Waals surface area contributed by atoms with Gasteiger partial charge in [-0.05, 0) is 38.1 Å². The molecule has 2 rings (SSSR count). The molecule has 1 N–H and O–H groups in total. The summed E-state index contributed by atoms with van der Waals surface area (Å²) in [6, 6.07) is 8.72. The molecule has 0 unspecified atom stereocenters. The van der Waals surface area contributed by atoms with E-state index < -0.39 is 0 Å². The van der Waals surface area contributed by atoms with Crippen LogP contribution in [0.1, 0.15) is 18.9 Å². The second-order valence-electron chi connectivity index (χ2n) is 4.44. The zero-order chi connectivity index (χ0) is 12.8. The zero-order valence-corrected chi connectivity index (χ0v) is 11.3. The van der Waals surface area contributed by atoms with Crippen molar-refractivity contribution in [1.82, 2.24) is 9.88 Å². The number of nitrogens with zero attached hydrogens (tertiary/aromatic N) is 1. The Morgan fingerprint density at radius 3 is 2.94 bits per heavy atom. The molecule has 0 aliphatic carbocycles. The largest absolute Gasteiger partial charge is 0.382 e. The van der Waals surface area contributed by atoms with E-state index in [4.69, 9.17) is 4.74 Å². The third-order valence-electron chi connectivity index (χ3n) is 3.16. The maximum absolute atomic E-state index is 5.38. The third kappa shape index (κ3) is 2.92. The van der Waals surface area contributed by atoms with Crippen LogP contribution in [0, 0.1) is 0 Å². The summed E-state index contributed by atoms with van der Waals surface area (Å²) in [5, 5.41) is 4.57. The smallest absolute Gasteiger partial charge is 0.0483 e. The molecule has 98 valence electrons. The molecule has 0 atom stereocenters. The molecule has 0 saturated heterocycles. The lowest BCUT2D eigenvalue weighted by Crippen LogP contribution is -2.05. The molecule has 1 aromatic carbocycles. The molecule has 0 spiro atoms. The van der Waals surface area contributed by atoms with Gasteiger partial charge in [-0.25, -0.2) is 0 Å². The number of rotatable bonds is 7. The number of aromatic nitrogens is 1. The molecule has 18 heavy (non-hydrogen) atoms. The molecule has 3 nitrogen and oxygen atoms in total. The Labute approximate surface area is 109 Å². The van der Waals surface area contributed by atoms with Gasteiger partial charge in [0.15, 0.2) is 0 Å². The van der Waals surface area contributed by atoms with Gasteiger partial charge in [0.1, 0.15) is 0 Å². The van der Waals surface area contributed by atoms with Crippen LogP contribution in [0.5, 0.6) is 0 Å². The van der Waals surface area contributed by atoms with Gasteiger partial charge >= 0.3 is 0 Å². The van der Waals surface area contributed by atoms with Gasteiger partial charge in [-0.2, -0.15) is 0 Å². The highest BCUT2D eigenvalue weighted by Gasteiger charge is 2.04. The van der Waals surface area contributed by atoms with Crippen molar-refractivity contribution >= 4 is 10.9 Å². The highest BCUT2D eigenvalue weighted by molar-refractivity contribution is 5.83. The topological polar surface area (TPSA) is 26.2 Å². The number of benzene rings is 1. The quantitative estimate of drug-likeness (QED) is 0.760. The van der Waals surface area contributed by atoms with Crippen LogP contribution < -0.4 is 5.32 Å². The fourth-order valence-electron chi connectivity index (χ4n) is 2.31. The Morgan fingerprint density at radius 2 is 2.17 bits per heavy atom. The van der Waals surface area contributed by atoms with Crippen molar-refractivity contribution < 1.29 is 4.74 Å². The molecule has 0 aliphatic rings. The second-order valence-corrected chi connectivity index (χ2v) is 4.44. The van der Waals surface area contributed by atoms with Gasteiger partial charge in [-0.15, -0.1) is 0 Å². The first-order valence-corrected chi connectivity index (χ1v) is 6.66. The Balaban J connectivity index is 2.12. The molecule has 3 heteroatoms. The van der Waals surface area contributed by atoms with Crippen molar-refractivity contribution in [3.63, 3.8) is 0 Å². The van der Waals surface area contributed by atoms with Gasteiger partial charge < -0.3 is 14.6 Å². The summed E-state index contributed by atoms with van der Waals surface area (Å²) in [7, 11) is 1.98. The molecule has 2 aromatic rings. The van der Waals surface area contributed by atoms with E-state index in [1.165, 1.54) is 16.5 Å². The molecule has 1 heterocycles. The molecule has 0 saturated carbocycles. The highest BCUT2D eigenvalue weighted by atomic mass is 16.5. The summed E-state index contributed by atoms with van der Waals surface area (Å²) < 4.78 is 7.70. The minimum atomic E-state index is 0.804. The van der Waals surface area contributed by atoms with Gasteiger partial charge in [-0.1, -0.05) is 12.1 Å². The van der Waals surface area contributed by atoms with Gasteiger partial charge in [-0.3, -0.25) is 0 Å². The molecule has 0 bridgehead atoms. The van der Waals surface area contributed by atoms with Crippen LogP contribution in [0.2, 0.25) is 0 Å². The van der Waals surface area contributed by atoms with Crippen molar-refractivity contribution in [1.29, 1.82) is 0 Å². The lowest BCUT2D eigenvalue weighted by Gasteiger charge is -2.07. The third-order valence-corrected chi connectivity index (χ3v) is 3.16. The Morgan fingerprint density at radius 1 is 1.28 bits per heavy atom. The summed E-state index contributed by atoms with van der Waals surface area (Å²) in [4.78, 5) is 0. The van der Waals surface area contributed by atoms with Gasteiger partial charge in [0.2, 0.25) is 0 Å². The lowest BCUT2D eigenvalue weighted by atomic mass is 10.1. The predicted molar refractivity (Wildman–Crippen MR) is 75.8 cm³/mol. The van der Waals surface area contributed by atoms with Crippen molar-refractivity contribution in [2.24, 2.45) is 0 Å². The number of aryl methyl sites for hydroxylation is 1. The molecule has 0 fully saturated rings. The van der Waals surface area contributed by atoms with Crippen LogP contribution in [0.3, 0.4) is 0 Å². The fourth-order valence-corrected chi connectivity index (χ4v) is 2.31. The van der Waals surface area contributed by atoms with Crippen LogP contribution >= 0.6 is 0 Å². The molecular weight excluding hydrogens is 224 g/mol. The highest BCUT2D eigenvalue weighted by Crippen LogP contribution is 2.20. The maximum Gasteiger partial charge on any atom is 0.0483 e. The Hall–Kier alpha value is -1.32. The van der Waals surface area contributed by atoms with Crippen molar-refractivity contribution in [2.75, 3.05) is 20.3 Å². The van der Waals surface area contributed by atoms with Crippen LogP contribution in [0.15, 0.2) is 30.5 Å². The summed E-state index contributed by atoms with van der Waals surface area (Å²) in [5.74, 6) is 0. The molecule has 0 radical (unpaired) electrons. The fraction of sp³-hybridized carbons (Fsp3) is 0.467. The van der Waals surface area contributed by atoms with E-state index in [0.717, 1.165) is 32.7 Å². The SMILES string of the molecule is CCOCCCn1ccc2c(CNC)cccc21. The summed E-state index contributed by atoms with van der Waals surface area (Å²) in [5.41, 5.74) is 2.68. The Kier molecular flexibility index (Phi) is 4.79. The van der Waals surface area contributed by atoms with E-state index in [0.29, 0.717) is 0 Å². The lowest BCUT2D eigenvalue weighted by molar-refractivity contribution is 0.142. The van der Waals surface area contributed by atoms with E-state index in [2.05, 4.69) is 40.3 Å². The summed E-state index contributed by atoms with van der Waals surface area (Å²) in [6.07, 6.45) is 3.24. The van der Waals surface area contributed by atoms with Crippen LogP contribution in [0.4, 0.5) is 0 Å². The van der Waals surface area contributed by atoms with E-state index in [1.54, 1.807) is 0 Å². The predicted octanol–water partition coefficient (Wildman–Crippen LogP) is 2.79. The Bertz CT molecular complexity index is 490. The van der Waals surface area contributed by atoms with E-state index in [1.807, 2.05) is 14.0 Å². The summed E-state index contributed by atoms with van der Waals surface area (Å²) in [6.45, 7) is 5.62. The monoisotopic (exact) mass is 246 g/mol. The number of hydrogen-bond acceptors (Lipinski definition) is 2.